The van der Waals surface area contributed by atoms with E-state index in [9.17, 15) is 14.0 Å². The van der Waals surface area contributed by atoms with Crippen LogP contribution < -0.4 is 11.2 Å². The van der Waals surface area contributed by atoms with Gasteiger partial charge in [-0.25, -0.2) is 9.18 Å². The molecule has 0 spiro atoms. The summed E-state index contributed by atoms with van der Waals surface area (Å²) in [5.41, 5.74) is -0.932. The fraction of sp³-hybridized carbons (Fsp3) is 0. The summed E-state index contributed by atoms with van der Waals surface area (Å²) in [5, 5.41) is 0.108. The van der Waals surface area contributed by atoms with Gasteiger partial charge in [-0.2, -0.15) is 0 Å². The van der Waals surface area contributed by atoms with E-state index < -0.39 is 17.1 Å². The van der Waals surface area contributed by atoms with E-state index in [0.717, 1.165) is 6.07 Å². The molecule has 1 aromatic heterocycles. The first-order valence-corrected chi connectivity index (χ1v) is 4.48. The molecule has 1 heterocycles. The predicted octanol–water partition coefficient (Wildman–Crippen LogP) is 1.12. The molecule has 0 unspecified atom stereocenters. The second kappa shape index (κ2) is 3.06. The van der Waals surface area contributed by atoms with Crippen molar-refractivity contribution in [3.05, 3.63) is 43.3 Å². The van der Waals surface area contributed by atoms with E-state index in [2.05, 4.69) is 20.9 Å². The number of benzene rings is 1. The van der Waals surface area contributed by atoms with Crippen LogP contribution in [0.15, 0.2) is 26.2 Å². The van der Waals surface area contributed by atoms with Crippen LogP contribution in [0.25, 0.3) is 10.9 Å². The number of hydrogen-bond donors (Lipinski definition) is 2. The summed E-state index contributed by atoms with van der Waals surface area (Å²) in [7, 11) is 0. The maximum atomic E-state index is 12.9. The van der Waals surface area contributed by atoms with Gasteiger partial charge in [-0.05, 0) is 28.1 Å². The summed E-state index contributed by atoms with van der Waals surface area (Å²) >= 11 is 3.05. The molecular formula is C8H4BrFN2O2. The van der Waals surface area contributed by atoms with Gasteiger partial charge in [0.25, 0.3) is 5.56 Å². The Morgan fingerprint density at radius 3 is 2.64 bits per heavy atom. The number of halogens is 2. The fourth-order valence-corrected chi connectivity index (χ4v) is 1.73. The lowest BCUT2D eigenvalue weighted by atomic mass is 10.2. The third-order valence-corrected chi connectivity index (χ3v) is 2.39. The molecule has 2 aromatic rings. The molecule has 2 N–H and O–H groups in total. The molecule has 0 radical (unpaired) electrons. The minimum Gasteiger partial charge on any atom is -0.306 e. The molecule has 0 bridgehead atoms. The summed E-state index contributed by atoms with van der Waals surface area (Å²) < 4.78 is 13.2. The molecule has 0 saturated heterocycles. The highest BCUT2D eigenvalue weighted by Crippen LogP contribution is 2.19. The minimum absolute atomic E-state index is 0.108. The molecule has 0 fully saturated rings. The van der Waals surface area contributed by atoms with Crippen molar-refractivity contribution >= 4 is 26.8 Å². The smallest absolute Gasteiger partial charge is 0.306 e. The number of rotatable bonds is 0. The monoisotopic (exact) mass is 258 g/mol. The lowest BCUT2D eigenvalue weighted by Gasteiger charge is -1.98. The molecule has 0 amide bonds. The maximum absolute atomic E-state index is 12.9. The van der Waals surface area contributed by atoms with Crippen LogP contribution in [0.4, 0.5) is 4.39 Å². The van der Waals surface area contributed by atoms with Crippen LogP contribution in [-0.4, -0.2) is 9.97 Å². The van der Waals surface area contributed by atoms with E-state index in [1.807, 2.05) is 4.98 Å². The zero-order valence-electron chi connectivity index (χ0n) is 6.73. The first kappa shape index (κ1) is 9.14. The van der Waals surface area contributed by atoms with E-state index in [-0.39, 0.29) is 5.39 Å². The molecule has 2 rings (SSSR count). The highest BCUT2D eigenvalue weighted by molar-refractivity contribution is 9.10. The van der Waals surface area contributed by atoms with Crippen LogP contribution in [0.3, 0.4) is 0 Å². The van der Waals surface area contributed by atoms with E-state index >= 15 is 0 Å². The van der Waals surface area contributed by atoms with Crippen molar-refractivity contribution in [2.75, 3.05) is 0 Å². The quantitative estimate of drug-likeness (QED) is 0.744. The standard InChI is InChI=1S/C8H4BrFN2O2/c9-5-2-3(10)1-4-6(5)11-8(14)12-7(4)13/h1-2H,(H2,11,12,13,14). The van der Waals surface area contributed by atoms with E-state index in [4.69, 9.17) is 0 Å². The van der Waals surface area contributed by atoms with Gasteiger partial charge in [0, 0.05) is 4.47 Å². The minimum atomic E-state index is -0.616. The number of fused-ring (bicyclic) bond motifs is 1. The van der Waals surface area contributed by atoms with Gasteiger partial charge < -0.3 is 4.98 Å². The highest BCUT2D eigenvalue weighted by Gasteiger charge is 2.06. The van der Waals surface area contributed by atoms with Gasteiger partial charge in [-0.1, -0.05) is 0 Å². The summed E-state index contributed by atoms with van der Waals surface area (Å²) in [4.78, 5) is 26.6. The first-order valence-electron chi connectivity index (χ1n) is 3.69. The second-order valence-electron chi connectivity index (χ2n) is 2.72. The lowest BCUT2D eigenvalue weighted by molar-refractivity contribution is 0.628. The van der Waals surface area contributed by atoms with Crippen molar-refractivity contribution in [2.24, 2.45) is 0 Å². The van der Waals surface area contributed by atoms with Gasteiger partial charge in [0.15, 0.2) is 0 Å². The molecule has 4 nitrogen and oxygen atoms in total. The predicted molar refractivity (Wildman–Crippen MR) is 52.8 cm³/mol. The van der Waals surface area contributed by atoms with Crippen molar-refractivity contribution in [1.29, 1.82) is 0 Å². The Bertz CT molecular complexity index is 617. The summed E-state index contributed by atoms with van der Waals surface area (Å²) in [5.74, 6) is -0.540. The molecule has 0 saturated carbocycles. The Balaban J connectivity index is 3.10. The molecule has 6 heteroatoms. The van der Waals surface area contributed by atoms with Gasteiger partial charge in [0.05, 0.1) is 10.9 Å². The van der Waals surface area contributed by atoms with Crippen molar-refractivity contribution in [3.8, 4) is 0 Å². The van der Waals surface area contributed by atoms with Crippen LogP contribution >= 0.6 is 15.9 Å². The number of nitrogens with one attached hydrogen (secondary N) is 2. The first-order chi connectivity index (χ1) is 6.58. The molecule has 0 aliphatic carbocycles. The van der Waals surface area contributed by atoms with E-state index in [1.54, 1.807) is 0 Å². The number of hydrogen-bond acceptors (Lipinski definition) is 2. The maximum Gasteiger partial charge on any atom is 0.326 e. The Kier molecular flexibility index (Phi) is 1.99. The van der Waals surface area contributed by atoms with Crippen LogP contribution in [0, 0.1) is 5.82 Å². The SMILES string of the molecule is O=c1[nH]c(=O)c2cc(F)cc(Br)c2[nH]1. The van der Waals surface area contributed by atoms with E-state index in [1.165, 1.54) is 6.07 Å². The fourth-order valence-electron chi connectivity index (χ4n) is 1.19. The van der Waals surface area contributed by atoms with Gasteiger partial charge >= 0.3 is 5.69 Å². The van der Waals surface area contributed by atoms with Crippen LogP contribution in [0.5, 0.6) is 0 Å². The molecule has 0 atom stereocenters. The largest absolute Gasteiger partial charge is 0.326 e. The van der Waals surface area contributed by atoms with Gasteiger partial charge in [0.1, 0.15) is 5.82 Å². The average Bonchev–Trinajstić information content (AvgIpc) is 2.07. The number of H-pyrrole nitrogens is 2. The van der Waals surface area contributed by atoms with Crippen molar-refractivity contribution in [3.63, 3.8) is 0 Å². The third kappa shape index (κ3) is 1.37. The summed E-state index contributed by atoms with van der Waals surface area (Å²) in [6.07, 6.45) is 0. The Hall–Kier alpha value is -1.43. The molecular weight excluding hydrogens is 255 g/mol. The number of aromatic amines is 2. The normalized spacial score (nSPS) is 10.7. The Labute approximate surface area is 84.9 Å². The van der Waals surface area contributed by atoms with Crippen LogP contribution in [0.2, 0.25) is 0 Å². The molecule has 0 aliphatic heterocycles. The third-order valence-electron chi connectivity index (χ3n) is 1.77. The van der Waals surface area contributed by atoms with Gasteiger partial charge in [-0.15, -0.1) is 0 Å². The van der Waals surface area contributed by atoms with Crippen LogP contribution in [0.1, 0.15) is 0 Å². The van der Waals surface area contributed by atoms with Gasteiger partial charge in [-0.3, -0.25) is 9.78 Å². The van der Waals surface area contributed by atoms with Gasteiger partial charge in [0.2, 0.25) is 0 Å². The Morgan fingerprint density at radius 2 is 1.93 bits per heavy atom. The zero-order valence-corrected chi connectivity index (χ0v) is 8.31. The van der Waals surface area contributed by atoms with Crippen molar-refractivity contribution in [1.82, 2.24) is 9.97 Å². The van der Waals surface area contributed by atoms with Crippen molar-refractivity contribution in [2.45, 2.75) is 0 Å². The molecule has 0 aliphatic rings. The zero-order chi connectivity index (χ0) is 10.3. The molecule has 72 valence electrons. The molecule has 14 heavy (non-hydrogen) atoms. The van der Waals surface area contributed by atoms with Crippen molar-refractivity contribution < 1.29 is 4.39 Å². The van der Waals surface area contributed by atoms with E-state index in [0.29, 0.717) is 9.99 Å². The lowest BCUT2D eigenvalue weighted by Crippen LogP contribution is -2.22. The van der Waals surface area contributed by atoms with Crippen LogP contribution in [-0.2, 0) is 0 Å². The Morgan fingerprint density at radius 1 is 1.21 bits per heavy atom. The number of aromatic nitrogens is 2. The molecule has 1 aromatic carbocycles. The summed E-state index contributed by atoms with van der Waals surface area (Å²) in [6.45, 7) is 0. The average molecular weight is 259 g/mol. The second-order valence-corrected chi connectivity index (χ2v) is 3.57. The highest BCUT2D eigenvalue weighted by atomic mass is 79.9. The summed E-state index contributed by atoms with van der Waals surface area (Å²) in [6, 6.07) is 2.24. The topological polar surface area (TPSA) is 65.7 Å².